The quantitative estimate of drug-likeness (QED) is 0.281. The minimum Gasteiger partial charge on any atom is -0.419 e. The van der Waals surface area contributed by atoms with E-state index in [1.165, 1.54) is 0 Å². The van der Waals surface area contributed by atoms with Crippen molar-refractivity contribution in [2.24, 2.45) is 0 Å². The molecule has 0 aliphatic rings. The van der Waals surface area contributed by atoms with Crippen molar-refractivity contribution in [2.45, 2.75) is 18.4 Å². The Balaban J connectivity index is 1.75. The third-order valence-corrected chi connectivity index (χ3v) is 7.01. The summed E-state index contributed by atoms with van der Waals surface area (Å²) in [5.74, 6) is 0.615. The molecule has 2 aromatic carbocycles. The molecule has 13 heteroatoms. The number of sulfone groups is 1. The summed E-state index contributed by atoms with van der Waals surface area (Å²) in [5.41, 5.74) is -0.481. The highest BCUT2D eigenvalue weighted by Gasteiger charge is 2.24. The summed E-state index contributed by atoms with van der Waals surface area (Å²) in [4.78, 5) is 29.0. The molecule has 0 saturated heterocycles. The molecule has 2 heterocycles. The molecule has 0 saturated carbocycles. The summed E-state index contributed by atoms with van der Waals surface area (Å²) in [6, 6.07) is 11.3. The highest BCUT2D eigenvalue weighted by molar-refractivity contribution is 7.90. The van der Waals surface area contributed by atoms with Crippen LogP contribution in [-0.4, -0.2) is 41.3 Å². The fraction of sp³-hybridized carbons (Fsp3) is 0.200. The number of nitro groups is 1. The number of nitrogens with zero attached hydrogens (tertiary/aromatic N) is 5. The molecule has 170 valence electrons. The van der Waals surface area contributed by atoms with Crippen LogP contribution in [0.4, 0.5) is 10.8 Å². The average Bonchev–Trinajstić information content (AvgIpc) is 3.25. The summed E-state index contributed by atoms with van der Waals surface area (Å²) in [6.07, 6.45) is 0.917. The Kier molecular flexibility index (Phi) is 5.91. The zero-order valence-electron chi connectivity index (χ0n) is 17.5. The molecule has 0 aliphatic carbocycles. The van der Waals surface area contributed by atoms with Gasteiger partial charge in [-0.2, -0.15) is 4.98 Å². The lowest BCUT2D eigenvalue weighted by atomic mass is 10.2. The van der Waals surface area contributed by atoms with Crippen molar-refractivity contribution in [3.05, 3.63) is 68.8 Å². The van der Waals surface area contributed by atoms with Gasteiger partial charge in [-0.25, -0.2) is 8.42 Å². The summed E-state index contributed by atoms with van der Waals surface area (Å²) in [6.45, 7) is 2.34. The summed E-state index contributed by atoms with van der Waals surface area (Å²) in [7, 11) is -3.76. The van der Waals surface area contributed by atoms with Crippen LogP contribution in [0.1, 0.15) is 12.8 Å². The molecule has 4 rings (SSSR count). The van der Waals surface area contributed by atoms with Gasteiger partial charge in [0.15, 0.2) is 15.0 Å². The molecule has 0 spiro atoms. The van der Waals surface area contributed by atoms with Crippen LogP contribution in [0.2, 0.25) is 0 Å². The van der Waals surface area contributed by atoms with Crippen LogP contribution in [0, 0.1) is 10.1 Å². The maximum Gasteiger partial charge on any atom is 0.288 e. The van der Waals surface area contributed by atoms with Crippen molar-refractivity contribution < 1.29 is 17.8 Å². The highest BCUT2D eigenvalue weighted by atomic mass is 32.2. The summed E-state index contributed by atoms with van der Waals surface area (Å²) >= 11 is 0.919. The molecular formula is C20H17N5O6S2. The molecule has 0 amide bonds. The predicted octanol–water partition coefficient (Wildman–Crippen LogP) is 3.04. The normalized spacial score (nSPS) is 11.6. The van der Waals surface area contributed by atoms with E-state index in [2.05, 4.69) is 15.2 Å². The zero-order chi connectivity index (χ0) is 23.8. The molecule has 4 aromatic rings. The lowest BCUT2D eigenvalue weighted by molar-refractivity contribution is -0.383. The second kappa shape index (κ2) is 8.67. The third kappa shape index (κ3) is 4.59. The Hall–Kier alpha value is -3.71. The third-order valence-electron chi connectivity index (χ3n) is 4.75. The van der Waals surface area contributed by atoms with Crippen molar-refractivity contribution in [1.82, 2.24) is 15.2 Å². The molecule has 0 atom stereocenters. The summed E-state index contributed by atoms with van der Waals surface area (Å²) < 4.78 is 29.6. The second-order valence-corrected chi connectivity index (χ2v) is 10.0. The van der Waals surface area contributed by atoms with Crippen molar-refractivity contribution >= 4 is 42.1 Å². The zero-order valence-corrected chi connectivity index (χ0v) is 19.1. The first-order chi connectivity index (χ1) is 15.7. The second-order valence-electron chi connectivity index (χ2n) is 7.03. The van der Waals surface area contributed by atoms with E-state index >= 15 is 0 Å². The van der Waals surface area contributed by atoms with Crippen LogP contribution in [0.15, 0.2) is 56.6 Å². The number of hydrogen-bond acceptors (Lipinski definition) is 11. The standard InChI is InChI=1S/C20H17N5O6S2/c1-3-24(11-16-22-23-19(31-16)12-7-5-4-6-8-12)20-21-18(26)14-9-13(33(2,29)30)10-15(25(27)28)17(14)32-20/h4-10H,3,11H2,1-2H3. The van der Waals surface area contributed by atoms with Gasteiger partial charge < -0.3 is 9.32 Å². The fourth-order valence-corrected chi connectivity index (χ4v) is 4.88. The predicted molar refractivity (Wildman–Crippen MR) is 122 cm³/mol. The molecule has 33 heavy (non-hydrogen) atoms. The van der Waals surface area contributed by atoms with E-state index in [-0.39, 0.29) is 32.5 Å². The number of nitro benzene ring substituents is 1. The van der Waals surface area contributed by atoms with Gasteiger partial charge in [-0.1, -0.05) is 29.5 Å². The molecule has 0 N–H and O–H groups in total. The number of benzene rings is 2. The smallest absolute Gasteiger partial charge is 0.288 e. The van der Waals surface area contributed by atoms with Crippen LogP contribution >= 0.6 is 11.3 Å². The van der Waals surface area contributed by atoms with Crippen LogP contribution in [0.25, 0.3) is 21.5 Å². The molecule has 2 aromatic heterocycles. The lowest BCUT2D eigenvalue weighted by Crippen LogP contribution is -2.25. The maximum atomic E-state index is 12.7. The van der Waals surface area contributed by atoms with Crippen LogP contribution in [0.5, 0.6) is 0 Å². The molecule has 11 nitrogen and oxygen atoms in total. The Morgan fingerprint density at radius 2 is 1.91 bits per heavy atom. The van der Waals surface area contributed by atoms with E-state index in [1.807, 2.05) is 37.3 Å². The average molecular weight is 488 g/mol. The highest BCUT2D eigenvalue weighted by Crippen LogP contribution is 2.34. The largest absolute Gasteiger partial charge is 0.419 e. The van der Waals surface area contributed by atoms with Crippen molar-refractivity contribution in [3.63, 3.8) is 0 Å². The van der Waals surface area contributed by atoms with Gasteiger partial charge in [-0.15, -0.1) is 10.2 Å². The van der Waals surface area contributed by atoms with Gasteiger partial charge in [0.2, 0.25) is 11.8 Å². The van der Waals surface area contributed by atoms with E-state index in [0.717, 1.165) is 35.3 Å². The first-order valence-corrected chi connectivity index (χ1v) is 12.3. The Morgan fingerprint density at radius 3 is 2.55 bits per heavy atom. The number of hydrogen-bond donors (Lipinski definition) is 0. The van der Waals surface area contributed by atoms with Crippen LogP contribution < -0.4 is 10.5 Å². The van der Waals surface area contributed by atoms with Crippen molar-refractivity contribution in [1.29, 1.82) is 0 Å². The molecule has 0 unspecified atom stereocenters. The minimum atomic E-state index is -3.76. The fourth-order valence-electron chi connectivity index (χ4n) is 3.09. The molecule has 0 bridgehead atoms. The van der Waals surface area contributed by atoms with E-state index in [9.17, 15) is 23.3 Å². The van der Waals surface area contributed by atoms with Crippen LogP contribution in [0.3, 0.4) is 0 Å². The van der Waals surface area contributed by atoms with Crippen LogP contribution in [-0.2, 0) is 16.4 Å². The molecule has 0 fully saturated rings. The van der Waals surface area contributed by atoms with E-state index in [1.54, 1.807) is 4.90 Å². The van der Waals surface area contributed by atoms with Gasteiger partial charge in [0, 0.05) is 24.4 Å². The van der Waals surface area contributed by atoms with Gasteiger partial charge >= 0.3 is 0 Å². The number of rotatable bonds is 7. The van der Waals surface area contributed by atoms with Crippen molar-refractivity contribution in [3.8, 4) is 11.5 Å². The molecule has 0 aliphatic heterocycles. The minimum absolute atomic E-state index is 0.0383. The number of non-ortho nitro benzene ring substituents is 1. The lowest BCUT2D eigenvalue weighted by Gasteiger charge is -2.19. The van der Waals surface area contributed by atoms with E-state index in [0.29, 0.717) is 12.4 Å². The number of aromatic nitrogens is 3. The van der Waals surface area contributed by atoms with Gasteiger partial charge in [-0.3, -0.25) is 14.9 Å². The first kappa shape index (κ1) is 22.5. The molecular weight excluding hydrogens is 470 g/mol. The molecule has 0 radical (unpaired) electrons. The van der Waals surface area contributed by atoms with Gasteiger partial charge in [0.05, 0.1) is 21.7 Å². The summed E-state index contributed by atoms with van der Waals surface area (Å²) in [5, 5.41) is 19.8. The number of fused-ring (bicyclic) bond motifs is 1. The maximum absolute atomic E-state index is 12.7. The van der Waals surface area contributed by atoms with Gasteiger partial charge in [0.25, 0.3) is 11.2 Å². The van der Waals surface area contributed by atoms with Crippen molar-refractivity contribution in [2.75, 3.05) is 17.7 Å². The van der Waals surface area contributed by atoms with E-state index < -0.39 is 26.0 Å². The first-order valence-electron chi connectivity index (χ1n) is 9.63. The van der Waals surface area contributed by atoms with E-state index in [4.69, 9.17) is 4.42 Å². The Morgan fingerprint density at radius 1 is 1.18 bits per heavy atom. The SMILES string of the molecule is CCN(Cc1nnc(-c2ccccc2)o1)c1nc(=O)c2cc(S(C)(=O)=O)cc([N+](=O)[O-])c2s1. The monoisotopic (exact) mass is 487 g/mol. The number of anilines is 1. The topological polar surface area (TPSA) is 149 Å². The van der Waals surface area contributed by atoms with Gasteiger partial charge in [-0.05, 0) is 25.1 Å². The Bertz CT molecular complexity index is 1520. The Labute approximate surface area is 191 Å². The van der Waals surface area contributed by atoms with Gasteiger partial charge in [0.1, 0.15) is 4.70 Å².